The van der Waals surface area contributed by atoms with Gasteiger partial charge in [-0.15, -0.1) is 11.3 Å². The van der Waals surface area contributed by atoms with Crippen LogP contribution < -0.4 is 26.2 Å². The lowest BCUT2D eigenvalue weighted by atomic mass is 9.32. The van der Waals surface area contributed by atoms with Crippen LogP contribution in [0.25, 0.3) is 64.4 Å². The standard InChI is InChI=1S/C64H45BN2OS/c1-5-26-58-46(14-1)48-18-8-16-44(62(48)68-58)39-12-7-13-43(35-39)66-55-29-28-40(45-17-9-19-49-47-15-2-6-27-59(47)69-63(45)49)36-53(55)65-52-22-10-21-51-61(52)67(57-25-11-24-56(66)60(57)65)54-23-4-3-20-50(54)64(51)41-31-37-30-38(33-41)34-42(64)32-37/h1-29,35-38,41-42H,30-34H2. The number of thiophene rings is 1. The number of hydrogen-bond acceptors (Lipinski definition) is 4. The SMILES string of the molecule is c1cc(-c2cccc3c2oc2ccccc23)cc(N2c3ccc(-c4cccc5c4sc4ccccc45)cc3B3c4cccc5c4N(c4ccccc4C54C5CC6CC(C5)CC4C6)c4cccc2c43)c1. The van der Waals surface area contributed by atoms with Crippen LogP contribution in [-0.2, 0) is 5.41 Å². The highest BCUT2D eigenvalue weighted by Crippen LogP contribution is 2.69. The van der Waals surface area contributed by atoms with Gasteiger partial charge in [-0.2, -0.15) is 0 Å². The van der Waals surface area contributed by atoms with E-state index in [1.807, 2.05) is 11.3 Å². The minimum atomic E-state index is 0.0340. The van der Waals surface area contributed by atoms with Gasteiger partial charge < -0.3 is 14.2 Å². The van der Waals surface area contributed by atoms with Gasteiger partial charge in [0.2, 0.25) is 0 Å². The van der Waals surface area contributed by atoms with Crippen molar-refractivity contribution in [2.24, 2.45) is 23.7 Å². The fourth-order valence-corrected chi connectivity index (χ4v) is 17.0. The molecule has 11 aromatic rings. The van der Waals surface area contributed by atoms with Crippen LogP contribution in [0, 0.1) is 23.7 Å². The van der Waals surface area contributed by atoms with E-state index in [1.54, 1.807) is 11.1 Å². The van der Waals surface area contributed by atoms with Gasteiger partial charge >= 0.3 is 0 Å². The highest BCUT2D eigenvalue weighted by molar-refractivity contribution is 7.26. The van der Waals surface area contributed by atoms with Crippen molar-refractivity contribution < 1.29 is 4.42 Å². The third kappa shape index (κ3) is 4.80. The van der Waals surface area contributed by atoms with Crippen LogP contribution in [0.15, 0.2) is 192 Å². The van der Waals surface area contributed by atoms with Crippen molar-refractivity contribution in [3.63, 3.8) is 0 Å². The molecule has 2 aromatic heterocycles. The summed E-state index contributed by atoms with van der Waals surface area (Å²) < 4.78 is 9.34. The topological polar surface area (TPSA) is 19.6 Å². The molecule has 4 fully saturated rings. The first-order valence-electron chi connectivity index (χ1n) is 25.2. The molecule has 4 bridgehead atoms. The molecule has 1 spiro atoms. The second-order valence-electron chi connectivity index (χ2n) is 21.1. The van der Waals surface area contributed by atoms with Crippen LogP contribution in [0.5, 0.6) is 0 Å². The largest absolute Gasteiger partial charge is 0.455 e. The van der Waals surface area contributed by atoms with Crippen molar-refractivity contribution in [3.8, 4) is 22.3 Å². The lowest BCUT2D eigenvalue weighted by molar-refractivity contribution is -0.0419. The summed E-state index contributed by atoms with van der Waals surface area (Å²) in [4.78, 5) is 5.29. The average Bonchev–Trinajstić information content (AvgIpc) is 3.98. The molecule has 3 aliphatic heterocycles. The zero-order valence-electron chi connectivity index (χ0n) is 38.0. The normalized spacial score (nSPS) is 22.2. The van der Waals surface area contributed by atoms with E-state index in [-0.39, 0.29) is 12.1 Å². The highest BCUT2D eigenvalue weighted by atomic mass is 32.1. The molecule has 0 amide bonds. The molecule has 0 saturated heterocycles. The Morgan fingerprint density at radius 2 is 1.14 bits per heavy atom. The van der Waals surface area contributed by atoms with E-state index in [2.05, 4.69) is 198 Å². The van der Waals surface area contributed by atoms with Crippen molar-refractivity contribution in [2.45, 2.75) is 37.5 Å². The van der Waals surface area contributed by atoms with Crippen molar-refractivity contribution in [1.29, 1.82) is 0 Å². The van der Waals surface area contributed by atoms with Crippen LogP contribution in [-0.4, -0.2) is 6.71 Å². The fourth-order valence-electron chi connectivity index (χ4n) is 15.8. The Labute approximate surface area is 405 Å². The molecular formula is C64H45BN2OS. The maximum absolute atomic E-state index is 6.65. The number of anilines is 6. The molecule has 0 radical (unpaired) electrons. The summed E-state index contributed by atoms with van der Waals surface area (Å²) in [5, 5.41) is 4.97. The molecule has 4 aliphatic carbocycles. The first-order chi connectivity index (χ1) is 34.2. The van der Waals surface area contributed by atoms with Crippen LogP contribution >= 0.6 is 11.3 Å². The highest BCUT2D eigenvalue weighted by Gasteiger charge is 2.62. The molecule has 69 heavy (non-hydrogen) atoms. The monoisotopic (exact) mass is 900 g/mol. The Bertz CT molecular complexity index is 4020. The zero-order valence-corrected chi connectivity index (χ0v) is 38.8. The minimum Gasteiger partial charge on any atom is -0.455 e. The summed E-state index contributed by atoms with van der Waals surface area (Å²) in [6.45, 7) is 0.0434. The summed E-state index contributed by atoms with van der Waals surface area (Å²) >= 11 is 1.92. The molecular weight excluding hydrogens is 856 g/mol. The number of hydrogen-bond donors (Lipinski definition) is 0. The first-order valence-corrected chi connectivity index (χ1v) is 26.0. The number of benzene rings is 9. The lowest BCUT2D eigenvalue weighted by Crippen LogP contribution is -2.64. The molecule has 9 aromatic carbocycles. The number of nitrogens with zero attached hydrogens (tertiary/aromatic N) is 2. The molecule has 5 heterocycles. The molecule has 0 unspecified atom stereocenters. The van der Waals surface area contributed by atoms with Crippen molar-refractivity contribution >= 4 is 111 Å². The Morgan fingerprint density at radius 3 is 2.03 bits per heavy atom. The molecule has 5 heteroatoms. The maximum atomic E-state index is 6.65. The number of furan rings is 1. The van der Waals surface area contributed by atoms with Crippen LogP contribution in [0.3, 0.4) is 0 Å². The van der Waals surface area contributed by atoms with Crippen LogP contribution in [0.1, 0.15) is 43.2 Å². The molecule has 0 N–H and O–H groups in total. The molecule has 3 nitrogen and oxygen atoms in total. The number of fused-ring (bicyclic) bond motifs is 12. The van der Waals surface area contributed by atoms with E-state index < -0.39 is 0 Å². The van der Waals surface area contributed by atoms with Gasteiger partial charge in [-0.25, -0.2) is 0 Å². The third-order valence-electron chi connectivity index (χ3n) is 18.0. The summed E-state index contributed by atoms with van der Waals surface area (Å²) in [7, 11) is 0. The molecule has 4 saturated carbocycles. The Balaban J connectivity index is 0.927. The minimum absolute atomic E-state index is 0.0340. The molecule has 18 rings (SSSR count). The predicted molar refractivity (Wildman–Crippen MR) is 289 cm³/mol. The number of rotatable bonds is 3. The van der Waals surface area contributed by atoms with Gasteiger partial charge in [0, 0.05) is 70.4 Å². The van der Waals surface area contributed by atoms with Crippen molar-refractivity contribution in [1.82, 2.24) is 0 Å². The first kappa shape index (κ1) is 37.6. The van der Waals surface area contributed by atoms with Gasteiger partial charge in [-0.3, -0.25) is 0 Å². The van der Waals surface area contributed by atoms with E-state index in [1.165, 1.54) is 108 Å². The van der Waals surface area contributed by atoms with Gasteiger partial charge in [0.15, 0.2) is 0 Å². The van der Waals surface area contributed by atoms with E-state index in [0.29, 0.717) is 11.8 Å². The van der Waals surface area contributed by atoms with Crippen molar-refractivity contribution in [2.75, 3.05) is 9.80 Å². The summed E-state index contributed by atoms with van der Waals surface area (Å²) in [6.07, 6.45) is 6.91. The van der Waals surface area contributed by atoms with E-state index in [9.17, 15) is 0 Å². The molecule has 7 aliphatic rings. The van der Waals surface area contributed by atoms with E-state index >= 15 is 0 Å². The summed E-state index contributed by atoms with van der Waals surface area (Å²) in [5.41, 5.74) is 21.8. The second kappa shape index (κ2) is 13.5. The quantitative estimate of drug-likeness (QED) is 0.165. The maximum Gasteiger partial charge on any atom is 0.252 e. The smallest absolute Gasteiger partial charge is 0.252 e. The summed E-state index contributed by atoms with van der Waals surface area (Å²) in [5.74, 6) is 3.13. The van der Waals surface area contributed by atoms with Gasteiger partial charge in [0.05, 0.1) is 5.69 Å². The second-order valence-corrected chi connectivity index (χ2v) is 22.2. The molecule has 326 valence electrons. The summed E-state index contributed by atoms with van der Waals surface area (Å²) in [6, 6.07) is 71.7. The lowest BCUT2D eigenvalue weighted by Gasteiger charge is -2.64. The fraction of sp³-hybridized carbons (Fsp3) is 0.156. The van der Waals surface area contributed by atoms with E-state index in [0.717, 1.165) is 50.6 Å². The zero-order chi connectivity index (χ0) is 44.7. The third-order valence-corrected chi connectivity index (χ3v) is 19.2. The number of para-hydroxylation sites is 4. The van der Waals surface area contributed by atoms with Gasteiger partial charge in [-0.05, 0) is 149 Å². The molecule has 0 atom stereocenters. The Hall–Kier alpha value is -7.34. The van der Waals surface area contributed by atoms with Crippen molar-refractivity contribution in [3.05, 3.63) is 199 Å². The van der Waals surface area contributed by atoms with E-state index in [4.69, 9.17) is 4.42 Å². The Morgan fingerprint density at radius 1 is 0.478 bits per heavy atom. The van der Waals surface area contributed by atoms with Gasteiger partial charge in [-0.1, -0.05) is 140 Å². The predicted octanol–water partition coefficient (Wildman–Crippen LogP) is 15.4. The van der Waals surface area contributed by atoms with Crippen LogP contribution in [0.2, 0.25) is 0 Å². The average molecular weight is 901 g/mol. The van der Waals surface area contributed by atoms with Gasteiger partial charge in [0.25, 0.3) is 6.71 Å². The Kier molecular flexibility index (Phi) is 7.34. The van der Waals surface area contributed by atoms with Gasteiger partial charge in [0.1, 0.15) is 11.2 Å². The van der Waals surface area contributed by atoms with Crippen LogP contribution in [0.4, 0.5) is 34.1 Å².